The summed E-state index contributed by atoms with van der Waals surface area (Å²) in [6, 6.07) is 17.0. The highest BCUT2D eigenvalue weighted by molar-refractivity contribution is 7.99. The quantitative estimate of drug-likeness (QED) is 0.314. The van der Waals surface area contributed by atoms with Gasteiger partial charge >= 0.3 is 0 Å². The fraction of sp³-hybridized carbons (Fsp3) is 0.360. The molecule has 164 valence electrons. The zero-order valence-electron chi connectivity index (χ0n) is 18.3. The lowest BCUT2D eigenvalue weighted by Crippen LogP contribution is -2.17. The second kappa shape index (κ2) is 10.0. The van der Waals surface area contributed by atoms with Gasteiger partial charge in [-0.25, -0.2) is 0 Å². The summed E-state index contributed by atoms with van der Waals surface area (Å²) in [7, 11) is 0. The molecule has 1 heterocycles. The van der Waals surface area contributed by atoms with Crippen LogP contribution in [0.3, 0.4) is 0 Å². The highest BCUT2D eigenvalue weighted by Gasteiger charge is 2.24. The highest BCUT2D eigenvalue weighted by Crippen LogP contribution is 2.34. The fourth-order valence-electron chi connectivity index (χ4n) is 4.42. The summed E-state index contributed by atoms with van der Waals surface area (Å²) >= 11 is 1.34. The highest BCUT2D eigenvalue weighted by atomic mass is 32.2. The van der Waals surface area contributed by atoms with Crippen molar-refractivity contribution in [2.24, 2.45) is 5.73 Å². The lowest BCUT2D eigenvalue weighted by atomic mass is 9.95. The molecule has 0 spiro atoms. The molecular weight excluding hydrogens is 418 g/mol. The number of fused-ring (bicyclic) bond motifs is 1. The van der Waals surface area contributed by atoms with Crippen molar-refractivity contribution < 1.29 is 4.79 Å². The van der Waals surface area contributed by atoms with Crippen LogP contribution < -0.4 is 5.73 Å². The molecule has 1 saturated carbocycles. The molecule has 32 heavy (non-hydrogen) atoms. The molecule has 1 aromatic heterocycles. The van der Waals surface area contributed by atoms with E-state index in [1.807, 2.05) is 6.07 Å². The van der Waals surface area contributed by atoms with Gasteiger partial charge in [-0.1, -0.05) is 73.5 Å². The molecule has 3 aromatic rings. The number of rotatable bonds is 7. The summed E-state index contributed by atoms with van der Waals surface area (Å²) in [5.41, 5.74) is 7.19. The SMILES string of the molecule is CC(N)=C(C#N)C(=O)CSc1nnc(Cc2cccc3ccccc23)n1C1CCCCC1. The molecule has 1 fully saturated rings. The van der Waals surface area contributed by atoms with Crippen molar-refractivity contribution in [1.29, 1.82) is 5.26 Å². The van der Waals surface area contributed by atoms with Crippen LogP contribution in [0.25, 0.3) is 10.8 Å². The number of Topliss-reactive ketones (excluding diaryl/α,β-unsaturated/α-hetero) is 1. The van der Waals surface area contributed by atoms with Crippen molar-refractivity contribution in [3.8, 4) is 6.07 Å². The largest absolute Gasteiger partial charge is 0.401 e. The molecule has 7 heteroatoms. The van der Waals surface area contributed by atoms with E-state index in [0.717, 1.165) is 23.8 Å². The van der Waals surface area contributed by atoms with Crippen molar-refractivity contribution in [3.63, 3.8) is 0 Å². The standard InChI is InChI=1S/C25H27N5OS/c1-17(27)22(15-26)23(31)16-32-25-29-28-24(30(25)20-11-3-2-4-12-20)14-19-10-7-9-18-8-5-6-13-21(18)19/h5-10,13,20H,2-4,11-12,14,16,27H2,1H3. The van der Waals surface area contributed by atoms with Gasteiger partial charge in [-0.15, -0.1) is 10.2 Å². The summed E-state index contributed by atoms with van der Waals surface area (Å²) in [5.74, 6) is 0.775. The van der Waals surface area contributed by atoms with E-state index in [1.54, 1.807) is 6.92 Å². The maximum absolute atomic E-state index is 12.5. The monoisotopic (exact) mass is 445 g/mol. The number of nitrogens with two attached hydrogens (primary N) is 1. The Bertz CT molecular complexity index is 1190. The smallest absolute Gasteiger partial charge is 0.191 e. The first-order valence-corrected chi connectivity index (χ1v) is 12.0. The average Bonchev–Trinajstić information content (AvgIpc) is 3.21. The van der Waals surface area contributed by atoms with Gasteiger partial charge in [-0.3, -0.25) is 4.79 Å². The number of nitriles is 1. The minimum Gasteiger partial charge on any atom is -0.401 e. The van der Waals surface area contributed by atoms with E-state index in [9.17, 15) is 10.1 Å². The third kappa shape index (κ3) is 4.71. The van der Waals surface area contributed by atoms with Gasteiger partial charge in [0, 0.05) is 18.2 Å². The Morgan fingerprint density at radius 3 is 2.66 bits per heavy atom. The molecular formula is C25H27N5OS. The van der Waals surface area contributed by atoms with Crippen LogP contribution in [0.1, 0.15) is 56.5 Å². The van der Waals surface area contributed by atoms with E-state index in [-0.39, 0.29) is 22.8 Å². The van der Waals surface area contributed by atoms with E-state index in [2.05, 4.69) is 57.2 Å². The van der Waals surface area contributed by atoms with Crippen molar-refractivity contribution >= 4 is 28.3 Å². The molecule has 0 bridgehead atoms. The second-order valence-corrected chi connectivity index (χ2v) is 9.20. The van der Waals surface area contributed by atoms with E-state index in [0.29, 0.717) is 12.5 Å². The number of aromatic nitrogens is 3. The molecule has 0 unspecified atom stereocenters. The van der Waals surface area contributed by atoms with Crippen LogP contribution in [-0.2, 0) is 11.2 Å². The predicted octanol–water partition coefficient (Wildman–Crippen LogP) is 4.94. The summed E-state index contributed by atoms with van der Waals surface area (Å²) in [4.78, 5) is 12.5. The van der Waals surface area contributed by atoms with Crippen LogP contribution in [0.2, 0.25) is 0 Å². The van der Waals surface area contributed by atoms with Crippen molar-refractivity contribution in [2.45, 2.75) is 56.6 Å². The van der Waals surface area contributed by atoms with Gasteiger partial charge in [0.15, 0.2) is 10.9 Å². The lowest BCUT2D eigenvalue weighted by Gasteiger charge is -2.25. The Morgan fingerprint density at radius 1 is 1.16 bits per heavy atom. The molecule has 2 aromatic carbocycles. The molecule has 0 aliphatic heterocycles. The van der Waals surface area contributed by atoms with Gasteiger partial charge in [0.1, 0.15) is 17.5 Å². The van der Waals surface area contributed by atoms with Crippen LogP contribution in [0.15, 0.2) is 58.9 Å². The Hall–Kier alpha value is -3.11. The van der Waals surface area contributed by atoms with Crippen molar-refractivity contribution in [3.05, 3.63) is 65.1 Å². The number of thioether (sulfide) groups is 1. The molecule has 6 nitrogen and oxygen atoms in total. The van der Waals surface area contributed by atoms with Gasteiger partial charge in [-0.05, 0) is 36.1 Å². The summed E-state index contributed by atoms with van der Waals surface area (Å²) < 4.78 is 2.24. The van der Waals surface area contributed by atoms with Gasteiger partial charge in [-0.2, -0.15) is 5.26 Å². The molecule has 1 aliphatic carbocycles. The van der Waals surface area contributed by atoms with E-state index in [1.165, 1.54) is 47.4 Å². The molecule has 2 N–H and O–H groups in total. The molecule has 0 saturated heterocycles. The van der Waals surface area contributed by atoms with Crippen molar-refractivity contribution in [2.75, 3.05) is 5.75 Å². The minimum atomic E-state index is -0.272. The van der Waals surface area contributed by atoms with E-state index >= 15 is 0 Å². The normalized spacial score (nSPS) is 15.4. The third-order valence-corrected chi connectivity index (χ3v) is 6.96. The van der Waals surface area contributed by atoms with Crippen LogP contribution in [-0.4, -0.2) is 26.3 Å². The number of ketones is 1. The van der Waals surface area contributed by atoms with Gasteiger partial charge < -0.3 is 10.3 Å². The summed E-state index contributed by atoms with van der Waals surface area (Å²) in [5, 5.41) is 21.4. The second-order valence-electron chi connectivity index (χ2n) is 8.26. The van der Waals surface area contributed by atoms with Gasteiger partial charge in [0.05, 0.1) is 5.75 Å². The first kappa shape index (κ1) is 22.1. The number of benzene rings is 2. The van der Waals surface area contributed by atoms with E-state index in [4.69, 9.17) is 5.73 Å². The Kier molecular flexibility index (Phi) is 6.91. The average molecular weight is 446 g/mol. The molecule has 1 aliphatic rings. The van der Waals surface area contributed by atoms with Gasteiger partial charge in [0.2, 0.25) is 0 Å². The molecule has 4 rings (SSSR count). The Labute approximate surface area is 192 Å². The Morgan fingerprint density at radius 2 is 1.91 bits per heavy atom. The molecule has 0 atom stereocenters. The maximum Gasteiger partial charge on any atom is 0.191 e. The Balaban J connectivity index is 1.64. The van der Waals surface area contributed by atoms with Crippen LogP contribution in [0.5, 0.6) is 0 Å². The number of allylic oxidation sites excluding steroid dienone is 2. The summed E-state index contributed by atoms with van der Waals surface area (Å²) in [6.45, 7) is 1.58. The first-order chi connectivity index (χ1) is 15.6. The number of carbonyl (C=O) groups is 1. The van der Waals surface area contributed by atoms with Crippen LogP contribution in [0.4, 0.5) is 0 Å². The zero-order chi connectivity index (χ0) is 22.5. The van der Waals surface area contributed by atoms with E-state index < -0.39 is 0 Å². The maximum atomic E-state index is 12.5. The van der Waals surface area contributed by atoms with Crippen LogP contribution >= 0.6 is 11.8 Å². The van der Waals surface area contributed by atoms with Crippen LogP contribution in [0, 0.1) is 11.3 Å². The van der Waals surface area contributed by atoms with Gasteiger partial charge in [0.25, 0.3) is 0 Å². The predicted molar refractivity (Wildman–Crippen MR) is 127 cm³/mol. The zero-order valence-corrected chi connectivity index (χ0v) is 19.1. The lowest BCUT2D eigenvalue weighted by molar-refractivity contribution is -0.112. The fourth-order valence-corrected chi connectivity index (χ4v) is 5.32. The number of nitrogens with zero attached hydrogens (tertiary/aromatic N) is 4. The third-order valence-electron chi connectivity index (χ3n) is 6.02. The first-order valence-electron chi connectivity index (χ1n) is 11.0. The topological polar surface area (TPSA) is 97.6 Å². The number of carbonyl (C=O) groups excluding carboxylic acids is 1. The number of hydrogen-bond acceptors (Lipinski definition) is 6. The molecule has 0 amide bonds. The summed E-state index contributed by atoms with van der Waals surface area (Å²) in [6.07, 6.45) is 6.50. The minimum absolute atomic E-state index is 0.0252. The molecule has 0 radical (unpaired) electrons. The van der Waals surface area contributed by atoms with Crippen molar-refractivity contribution in [1.82, 2.24) is 14.8 Å². The number of hydrogen-bond donors (Lipinski definition) is 1.